The van der Waals surface area contributed by atoms with Gasteiger partial charge >= 0.3 is 0 Å². The molecule has 0 saturated carbocycles. The number of halogens is 2. The van der Waals surface area contributed by atoms with Gasteiger partial charge in [0.25, 0.3) is 5.91 Å². The van der Waals surface area contributed by atoms with Gasteiger partial charge < -0.3 is 4.90 Å². The Bertz CT molecular complexity index is 723. The number of anilines is 1. The predicted molar refractivity (Wildman–Crippen MR) is 92.3 cm³/mol. The third-order valence-electron chi connectivity index (χ3n) is 3.53. The van der Waals surface area contributed by atoms with E-state index in [1.807, 2.05) is 18.2 Å². The summed E-state index contributed by atoms with van der Waals surface area (Å²) in [6.45, 7) is 2.85. The van der Waals surface area contributed by atoms with E-state index in [1.165, 1.54) is 6.20 Å². The van der Waals surface area contributed by atoms with Gasteiger partial charge in [-0.15, -0.1) is 11.8 Å². The monoisotopic (exact) mass is 352 g/mol. The number of benzene rings is 1. The maximum absolute atomic E-state index is 12.9. The Morgan fingerprint density at radius 1 is 1.36 bits per heavy atom. The third-order valence-corrected chi connectivity index (χ3v) is 5.46. The highest BCUT2D eigenvalue weighted by Gasteiger charge is 2.25. The molecule has 0 bridgehead atoms. The molecule has 114 valence electrons. The average molecular weight is 353 g/mol. The van der Waals surface area contributed by atoms with Gasteiger partial charge in [0.15, 0.2) is 0 Å². The van der Waals surface area contributed by atoms with Gasteiger partial charge in [0.2, 0.25) is 0 Å². The molecule has 0 N–H and O–H groups in total. The first-order chi connectivity index (χ1) is 10.6. The van der Waals surface area contributed by atoms with Gasteiger partial charge in [-0.05, 0) is 24.6 Å². The lowest BCUT2D eigenvalue weighted by Crippen LogP contribution is -2.32. The van der Waals surface area contributed by atoms with Crippen LogP contribution in [0.5, 0.6) is 0 Å². The summed E-state index contributed by atoms with van der Waals surface area (Å²) in [7, 11) is 0. The van der Waals surface area contributed by atoms with Crippen molar-refractivity contribution in [2.75, 3.05) is 11.4 Å². The number of carbonyl (C=O) groups is 1. The molecule has 6 heteroatoms. The highest BCUT2D eigenvalue weighted by molar-refractivity contribution is 8.00. The second kappa shape index (κ2) is 6.49. The highest BCUT2D eigenvalue weighted by atomic mass is 35.5. The fourth-order valence-electron chi connectivity index (χ4n) is 2.39. The molecular formula is C16H14Cl2N2OS. The van der Waals surface area contributed by atoms with Crippen LogP contribution in [-0.4, -0.2) is 22.7 Å². The molecule has 0 aliphatic carbocycles. The number of aromatic nitrogens is 1. The summed E-state index contributed by atoms with van der Waals surface area (Å²) >= 11 is 13.6. The molecule has 1 atom stereocenters. The van der Waals surface area contributed by atoms with Crippen molar-refractivity contribution in [1.29, 1.82) is 0 Å². The van der Waals surface area contributed by atoms with E-state index < -0.39 is 0 Å². The number of fused-ring (bicyclic) bond motifs is 1. The van der Waals surface area contributed by atoms with Crippen LogP contribution in [0.4, 0.5) is 5.69 Å². The molecule has 3 nitrogen and oxygen atoms in total. The molecule has 22 heavy (non-hydrogen) atoms. The minimum Gasteiger partial charge on any atom is -0.307 e. The van der Waals surface area contributed by atoms with E-state index in [4.69, 9.17) is 23.2 Å². The minimum atomic E-state index is -0.104. The Morgan fingerprint density at radius 3 is 2.91 bits per heavy atom. The molecule has 1 unspecified atom stereocenters. The van der Waals surface area contributed by atoms with E-state index in [2.05, 4.69) is 18.0 Å². The molecule has 1 aliphatic heterocycles. The van der Waals surface area contributed by atoms with E-state index in [-0.39, 0.29) is 11.1 Å². The SMILES string of the molecule is CC1CCN(C(=O)c2cnc(Cl)c(Cl)c2)c2ccccc2S1. The number of hydrogen-bond donors (Lipinski definition) is 0. The van der Waals surface area contributed by atoms with E-state index in [9.17, 15) is 4.79 Å². The number of para-hydroxylation sites is 1. The van der Waals surface area contributed by atoms with Crippen LogP contribution in [0, 0.1) is 0 Å². The Labute approximate surface area is 143 Å². The van der Waals surface area contributed by atoms with Gasteiger partial charge in [-0.3, -0.25) is 4.79 Å². The first kappa shape index (κ1) is 15.7. The molecule has 0 fully saturated rings. The largest absolute Gasteiger partial charge is 0.307 e. The van der Waals surface area contributed by atoms with Crippen LogP contribution in [0.25, 0.3) is 0 Å². The zero-order chi connectivity index (χ0) is 15.7. The summed E-state index contributed by atoms with van der Waals surface area (Å²) in [6.07, 6.45) is 2.40. The van der Waals surface area contributed by atoms with Crippen LogP contribution in [-0.2, 0) is 0 Å². The van der Waals surface area contributed by atoms with E-state index in [0.717, 1.165) is 17.0 Å². The molecule has 0 spiro atoms. The average Bonchev–Trinajstić information content (AvgIpc) is 2.67. The number of amides is 1. The van der Waals surface area contributed by atoms with Gasteiger partial charge in [0.1, 0.15) is 5.15 Å². The molecule has 1 aliphatic rings. The number of thioether (sulfide) groups is 1. The molecule has 0 saturated heterocycles. The van der Waals surface area contributed by atoms with Gasteiger partial charge in [-0.1, -0.05) is 42.3 Å². The highest BCUT2D eigenvalue weighted by Crippen LogP contribution is 2.38. The summed E-state index contributed by atoms with van der Waals surface area (Å²) in [6, 6.07) is 9.54. The van der Waals surface area contributed by atoms with Crippen LogP contribution in [0.15, 0.2) is 41.4 Å². The standard InChI is InChI=1S/C16H14Cl2N2OS/c1-10-6-7-20(13-4-2-3-5-14(13)22-10)16(21)11-8-12(17)15(18)19-9-11/h2-5,8-10H,6-7H2,1H3. The van der Waals surface area contributed by atoms with Crippen molar-refractivity contribution in [3.05, 3.63) is 52.3 Å². The lowest BCUT2D eigenvalue weighted by molar-refractivity contribution is 0.0986. The van der Waals surface area contributed by atoms with Crippen LogP contribution in [0.1, 0.15) is 23.7 Å². The van der Waals surface area contributed by atoms with Crippen molar-refractivity contribution in [3.8, 4) is 0 Å². The second-order valence-electron chi connectivity index (χ2n) is 5.14. The summed E-state index contributed by atoms with van der Waals surface area (Å²) in [5, 5.41) is 0.961. The zero-order valence-electron chi connectivity index (χ0n) is 11.9. The number of carbonyl (C=O) groups excluding carboxylic acids is 1. The summed E-state index contributed by atoms with van der Waals surface area (Å²) in [4.78, 5) is 19.7. The number of nitrogens with zero attached hydrogens (tertiary/aromatic N) is 2. The Kier molecular flexibility index (Phi) is 4.62. The van der Waals surface area contributed by atoms with Gasteiger partial charge in [0.05, 0.1) is 16.3 Å². The van der Waals surface area contributed by atoms with Crippen molar-refractivity contribution in [1.82, 2.24) is 4.98 Å². The summed E-state index contributed by atoms with van der Waals surface area (Å²) in [5.41, 5.74) is 1.39. The lowest BCUT2D eigenvalue weighted by Gasteiger charge is -2.22. The van der Waals surface area contributed by atoms with Crippen molar-refractivity contribution >= 4 is 46.6 Å². The minimum absolute atomic E-state index is 0.104. The zero-order valence-corrected chi connectivity index (χ0v) is 14.3. The van der Waals surface area contributed by atoms with Crippen LogP contribution < -0.4 is 4.90 Å². The van der Waals surface area contributed by atoms with Gasteiger partial charge in [-0.25, -0.2) is 4.98 Å². The first-order valence-corrected chi connectivity index (χ1v) is 8.58. The maximum Gasteiger partial charge on any atom is 0.259 e. The first-order valence-electron chi connectivity index (χ1n) is 6.95. The van der Waals surface area contributed by atoms with E-state index in [1.54, 1.807) is 22.7 Å². The van der Waals surface area contributed by atoms with Crippen LogP contribution in [0.3, 0.4) is 0 Å². The van der Waals surface area contributed by atoms with E-state index >= 15 is 0 Å². The van der Waals surface area contributed by atoms with Gasteiger partial charge in [-0.2, -0.15) is 0 Å². The fraction of sp³-hybridized carbons (Fsp3) is 0.250. The molecule has 1 aromatic heterocycles. The van der Waals surface area contributed by atoms with E-state index in [0.29, 0.717) is 22.4 Å². The summed E-state index contributed by atoms with van der Waals surface area (Å²) in [5.74, 6) is -0.104. The Morgan fingerprint density at radius 2 is 2.14 bits per heavy atom. The fourth-order valence-corrected chi connectivity index (χ4v) is 3.77. The topological polar surface area (TPSA) is 33.2 Å². The van der Waals surface area contributed by atoms with Crippen molar-refractivity contribution in [2.45, 2.75) is 23.5 Å². The van der Waals surface area contributed by atoms with Crippen LogP contribution >= 0.6 is 35.0 Å². The normalized spacial score (nSPS) is 17.8. The molecule has 2 heterocycles. The Balaban J connectivity index is 1.99. The predicted octanol–water partition coefficient (Wildman–Crippen LogP) is 4.92. The number of pyridine rings is 1. The molecule has 2 aromatic rings. The number of hydrogen-bond acceptors (Lipinski definition) is 3. The molecule has 1 amide bonds. The second-order valence-corrected chi connectivity index (χ2v) is 7.38. The third kappa shape index (κ3) is 3.09. The van der Waals surface area contributed by atoms with Gasteiger partial charge in [0, 0.05) is 22.9 Å². The molecule has 0 radical (unpaired) electrons. The molecular weight excluding hydrogens is 339 g/mol. The smallest absolute Gasteiger partial charge is 0.259 e. The maximum atomic E-state index is 12.9. The van der Waals surface area contributed by atoms with Crippen molar-refractivity contribution in [2.24, 2.45) is 0 Å². The quantitative estimate of drug-likeness (QED) is 0.683. The number of rotatable bonds is 1. The van der Waals surface area contributed by atoms with Crippen molar-refractivity contribution < 1.29 is 4.79 Å². The molecule has 1 aromatic carbocycles. The molecule has 3 rings (SSSR count). The summed E-state index contributed by atoms with van der Waals surface area (Å²) < 4.78 is 0. The van der Waals surface area contributed by atoms with Crippen molar-refractivity contribution in [3.63, 3.8) is 0 Å². The Hall–Kier alpha value is -1.23. The lowest BCUT2D eigenvalue weighted by atomic mass is 10.2. The van der Waals surface area contributed by atoms with Crippen LogP contribution in [0.2, 0.25) is 10.2 Å².